The zero-order chi connectivity index (χ0) is 22.9. The van der Waals surface area contributed by atoms with Crippen LogP contribution in [0.1, 0.15) is 57.4 Å². The van der Waals surface area contributed by atoms with E-state index in [4.69, 9.17) is 4.74 Å². The van der Waals surface area contributed by atoms with Gasteiger partial charge in [0.15, 0.2) is 11.6 Å². The molecule has 0 radical (unpaired) electrons. The van der Waals surface area contributed by atoms with E-state index in [0.717, 1.165) is 43.2 Å². The number of likely N-dealkylation sites (N-methyl/N-ethyl adjacent to an activating group) is 1. The third-order valence-corrected chi connectivity index (χ3v) is 6.65. The highest BCUT2D eigenvalue weighted by atomic mass is 19.1. The molecular weight excluding hydrogens is 401 g/mol. The molecule has 172 valence electrons. The Labute approximate surface area is 192 Å². The van der Waals surface area contributed by atoms with E-state index in [0.29, 0.717) is 18.3 Å². The van der Waals surface area contributed by atoms with Crippen LogP contribution in [0, 0.1) is 11.7 Å². The van der Waals surface area contributed by atoms with Crippen molar-refractivity contribution >= 4 is 5.91 Å². The quantitative estimate of drug-likeness (QED) is 0.302. The molecule has 32 heavy (non-hydrogen) atoms. The molecule has 2 aromatic carbocycles. The maximum Gasteiger partial charge on any atom is 0.245 e. The molecule has 0 heterocycles. The monoisotopic (exact) mass is 437 g/mol. The summed E-state index contributed by atoms with van der Waals surface area (Å²) >= 11 is 0. The highest BCUT2D eigenvalue weighted by Crippen LogP contribution is 2.30. The van der Waals surface area contributed by atoms with Crippen molar-refractivity contribution in [2.24, 2.45) is 5.92 Å². The Bertz CT molecular complexity index is 885. The second kappa shape index (κ2) is 11.8. The van der Waals surface area contributed by atoms with Crippen LogP contribution in [0.3, 0.4) is 0 Å². The van der Waals surface area contributed by atoms with E-state index in [1.54, 1.807) is 17.0 Å². The van der Waals surface area contributed by atoms with Crippen molar-refractivity contribution in [2.45, 2.75) is 64.3 Å². The Morgan fingerprint density at radius 1 is 1.09 bits per heavy atom. The molecule has 1 fully saturated rings. The van der Waals surface area contributed by atoms with Gasteiger partial charge in [-0.2, -0.15) is 0 Å². The van der Waals surface area contributed by atoms with Gasteiger partial charge >= 0.3 is 0 Å². The predicted molar refractivity (Wildman–Crippen MR) is 129 cm³/mol. The maximum atomic E-state index is 14.7. The lowest BCUT2D eigenvalue weighted by atomic mass is 9.86. The number of carbonyl (C=O) groups excluding carboxylic acids is 1. The molecular formula is C28H36FNO2. The minimum atomic E-state index is -0.320. The lowest BCUT2D eigenvalue weighted by Crippen LogP contribution is -2.39. The van der Waals surface area contributed by atoms with Crippen LogP contribution >= 0.6 is 0 Å². The van der Waals surface area contributed by atoms with Gasteiger partial charge in [-0.3, -0.25) is 4.79 Å². The fourth-order valence-electron chi connectivity index (χ4n) is 4.47. The van der Waals surface area contributed by atoms with Gasteiger partial charge in [0, 0.05) is 13.1 Å². The van der Waals surface area contributed by atoms with Crippen molar-refractivity contribution in [3.8, 4) is 16.9 Å². The van der Waals surface area contributed by atoms with Gasteiger partial charge < -0.3 is 9.64 Å². The Morgan fingerprint density at radius 3 is 2.41 bits per heavy atom. The molecule has 3 nitrogen and oxygen atoms in total. The Balaban J connectivity index is 1.51. The number of halogens is 1. The molecule has 0 unspecified atom stereocenters. The molecule has 1 aliphatic rings. The maximum absolute atomic E-state index is 14.7. The predicted octanol–water partition coefficient (Wildman–Crippen LogP) is 6.81. The Morgan fingerprint density at radius 2 is 1.78 bits per heavy atom. The molecule has 0 bridgehead atoms. The number of benzene rings is 2. The number of amides is 1. The number of hydrogen-bond acceptors (Lipinski definition) is 2. The van der Waals surface area contributed by atoms with Crippen LogP contribution in [0.2, 0.25) is 0 Å². The van der Waals surface area contributed by atoms with E-state index in [-0.39, 0.29) is 17.8 Å². The van der Waals surface area contributed by atoms with Gasteiger partial charge in [0.25, 0.3) is 0 Å². The average Bonchev–Trinajstić information content (AvgIpc) is 2.83. The molecule has 4 heteroatoms. The number of unbranched alkanes of at least 4 members (excludes halogenated alkanes) is 2. The summed E-state index contributed by atoms with van der Waals surface area (Å²) in [6.45, 7) is 6.28. The largest absolute Gasteiger partial charge is 0.490 e. The fraction of sp³-hybridized carbons (Fsp3) is 0.464. The third kappa shape index (κ3) is 6.44. The van der Waals surface area contributed by atoms with Crippen LogP contribution in [0.15, 0.2) is 55.1 Å². The molecule has 3 rings (SSSR count). The molecule has 1 amide bonds. The topological polar surface area (TPSA) is 29.5 Å². The average molecular weight is 438 g/mol. The number of ether oxygens (including phenoxy) is 1. The highest BCUT2D eigenvalue weighted by molar-refractivity contribution is 5.87. The van der Waals surface area contributed by atoms with Crippen molar-refractivity contribution in [1.82, 2.24) is 4.90 Å². The number of rotatable bonds is 10. The van der Waals surface area contributed by atoms with Crippen LogP contribution < -0.4 is 4.74 Å². The highest BCUT2D eigenvalue weighted by Gasteiger charge is 2.26. The van der Waals surface area contributed by atoms with Gasteiger partial charge in [0.05, 0.1) is 6.61 Å². The molecule has 0 spiro atoms. The summed E-state index contributed by atoms with van der Waals surface area (Å²) in [5, 5.41) is 0. The van der Waals surface area contributed by atoms with Crippen LogP contribution in [0.25, 0.3) is 11.1 Å². The van der Waals surface area contributed by atoms with Crippen molar-refractivity contribution in [3.05, 3.63) is 66.5 Å². The van der Waals surface area contributed by atoms with Crippen LogP contribution in [0.4, 0.5) is 4.39 Å². The molecule has 0 N–H and O–H groups in total. The first-order valence-electron chi connectivity index (χ1n) is 11.9. The molecule has 0 aliphatic heterocycles. The Kier molecular flexibility index (Phi) is 8.90. The van der Waals surface area contributed by atoms with E-state index in [1.807, 2.05) is 13.1 Å². The SMILES string of the molecule is C=CC(=O)N(C)C1CCC(COc2ccc(-c3ccc(CCCCC)cc3)cc2F)CC1. The molecule has 1 saturated carbocycles. The minimum absolute atomic E-state index is 0.0296. The third-order valence-electron chi connectivity index (χ3n) is 6.65. The van der Waals surface area contributed by atoms with Gasteiger partial charge in [-0.15, -0.1) is 0 Å². The van der Waals surface area contributed by atoms with Crippen molar-refractivity contribution in [2.75, 3.05) is 13.7 Å². The van der Waals surface area contributed by atoms with Crippen LogP contribution in [-0.4, -0.2) is 30.5 Å². The fourth-order valence-corrected chi connectivity index (χ4v) is 4.47. The van der Waals surface area contributed by atoms with Gasteiger partial charge in [-0.05, 0) is 79.3 Å². The van der Waals surface area contributed by atoms with Gasteiger partial charge in [0.2, 0.25) is 5.91 Å². The summed E-state index contributed by atoms with van der Waals surface area (Å²) in [5.41, 5.74) is 3.22. The molecule has 2 aromatic rings. The first-order chi connectivity index (χ1) is 15.5. The summed E-state index contributed by atoms with van der Waals surface area (Å²) in [7, 11) is 1.84. The van der Waals surface area contributed by atoms with E-state index in [1.165, 1.54) is 30.9 Å². The van der Waals surface area contributed by atoms with Crippen molar-refractivity contribution in [1.29, 1.82) is 0 Å². The van der Waals surface area contributed by atoms with E-state index < -0.39 is 0 Å². The normalized spacial score (nSPS) is 18.2. The second-order valence-electron chi connectivity index (χ2n) is 8.94. The number of nitrogens with zero attached hydrogens (tertiary/aromatic N) is 1. The summed E-state index contributed by atoms with van der Waals surface area (Å²) in [4.78, 5) is 13.6. The summed E-state index contributed by atoms with van der Waals surface area (Å²) in [6.07, 6.45) is 9.99. The molecule has 0 atom stereocenters. The first kappa shape index (κ1) is 24.0. The zero-order valence-corrected chi connectivity index (χ0v) is 19.5. The molecule has 1 aliphatic carbocycles. The first-order valence-corrected chi connectivity index (χ1v) is 11.9. The molecule has 0 saturated heterocycles. The van der Waals surface area contributed by atoms with E-state index >= 15 is 0 Å². The smallest absolute Gasteiger partial charge is 0.245 e. The molecule has 0 aromatic heterocycles. The summed E-state index contributed by atoms with van der Waals surface area (Å²) < 4.78 is 20.5. The number of hydrogen-bond donors (Lipinski definition) is 0. The zero-order valence-electron chi connectivity index (χ0n) is 19.5. The standard InChI is InChI=1S/C28H36FNO2/c1-4-6-7-8-21-9-13-23(14-10-21)24-15-18-27(26(29)19-24)32-20-22-11-16-25(17-12-22)30(3)28(31)5-2/h5,9-10,13-15,18-19,22,25H,2,4,6-8,11-12,16-17,20H2,1,3H3. The van der Waals surface area contributed by atoms with E-state index in [2.05, 4.69) is 37.8 Å². The van der Waals surface area contributed by atoms with Gasteiger partial charge in [0.1, 0.15) is 0 Å². The van der Waals surface area contributed by atoms with Crippen LogP contribution in [-0.2, 0) is 11.2 Å². The lowest BCUT2D eigenvalue weighted by molar-refractivity contribution is -0.127. The minimum Gasteiger partial charge on any atom is -0.490 e. The van der Waals surface area contributed by atoms with Crippen molar-refractivity contribution in [3.63, 3.8) is 0 Å². The summed E-state index contributed by atoms with van der Waals surface area (Å²) in [5.74, 6) is 0.348. The summed E-state index contributed by atoms with van der Waals surface area (Å²) in [6, 6.07) is 13.9. The second-order valence-corrected chi connectivity index (χ2v) is 8.94. The van der Waals surface area contributed by atoms with Crippen LogP contribution in [0.5, 0.6) is 5.75 Å². The Hall–Kier alpha value is -2.62. The van der Waals surface area contributed by atoms with Crippen molar-refractivity contribution < 1.29 is 13.9 Å². The number of carbonyl (C=O) groups is 1. The lowest BCUT2D eigenvalue weighted by Gasteiger charge is -2.34. The van der Waals surface area contributed by atoms with Gasteiger partial charge in [-0.25, -0.2) is 4.39 Å². The van der Waals surface area contributed by atoms with E-state index in [9.17, 15) is 9.18 Å². The van der Waals surface area contributed by atoms with Gasteiger partial charge in [-0.1, -0.05) is 56.7 Å². The number of aryl methyl sites for hydroxylation is 1.